The third kappa shape index (κ3) is 3.06. The van der Waals surface area contributed by atoms with E-state index in [0.29, 0.717) is 5.82 Å². The maximum atomic E-state index is 6.13. The smallest absolute Gasteiger partial charge is 0.227 e. The monoisotopic (exact) mass is 359 g/mol. The Morgan fingerprint density at radius 3 is 2.41 bits per heavy atom. The van der Waals surface area contributed by atoms with Crippen LogP contribution in [0.3, 0.4) is 0 Å². The van der Waals surface area contributed by atoms with Crippen LogP contribution in [0.1, 0.15) is 5.82 Å². The van der Waals surface area contributed by atoms with Gasteiger partial charge in [-0.25, -0.2) is 9.97 Å². The predicted octanol–water partition coefficient (Wildman–Crippen LogP) is 2.41. The Balaban J connectivity index is 1.28. The summed E-state index contributed by atoms with van der Waals surface area (Å²) in [5.41, 5.74) is 9.13. The van der Waals surface area contributed by atoms with Crippen LogP contribution in [0.2, 0.25) is 0 Å². The average Bonchev–Trinajstić information content (AvgIpc) is 3.11. The van der Waals surface area contributed by atoms with Gasteiger partial charge >= 0.3 is 0 Å². The lowest BCUT2D eigenvalue weighted by atomic mass is 10.2. The third-order valence-corrected chi connectivity index (χ3v) is 5.09. The van der Waals surface area contributed by atoms with Gasteiger partial charge in [-0.05, 0) is 24.3 Å². The number of benzene rings is 2. The molecule has 7 heteroatoms. The molecule has 0 saturated carbocycles. The summed E-state index contributed by atoms with van der Waals surface area (Å²) in [4.78, 5) is 21.9. The summed E-state index contributed by atoms with van der Waals surface area (Å²) < 4.78 is 0. The average molecular weight is 359 g/mol. The molecule has 0 radical (unpaired) electrons. The maximum absolute atomic E-state index is 6.13. The number of hydrogen-bond acceptors (Lipinski definition) is 6. The molecule has 27 heavy (non-hydrogen) atoms. The summed E-state index contributed by atoms with van der Waals surface area (Å²) >= 11 is 0. The molecule has 1 aliphatic heterocycles. The van der Waals surface area contributed by atoms with Crippen LogP contribution in [0.15, 0.2) is 48.5 Å². The number of H-pyrrole nitrogens is 1. The Hall–Kier alpha value is -3.19. The lowest BCUT2D eigenvalue weighted by Gasteiger charge is -2.34. The number of piperazine rings is 1. The fourth-order valence-electron chi connectivity index (χ4n) is 3.63. The molecule has 2 aromatic heterocycles. The standard InChI is InChI=1S/C20H21N7/c21-19-14-5-1-2-6-15(14)24-20(25-19)27-11-9-26(10-12-27)13-18-22-16-7-3-4-8-17(16)23-18/h1-8H,9-13H2,(H,22,23)(H2,21,24,25). The second-order valence-corrected chi connectivity index (χ2v) is 6.89. The Morgan fingerprint density at radius 2 is 1.59 bits per heavy atom. The molecule has 0 amide bonds. The normalized spacial score (nSPS) is 15.6. The predicted molar refractivity (Wildman–Crippen MR) is 108 cm³/mol. The van der Waals surface area contributed by atoms with E-state index in [0.717, 1.165) is 66.4 Å². The lowest BCUT2D eigenvalue weighted by Crippen LogP contribution is -2.46. The van der Waals surface area contributed by atoms with E-state index in [9.17, 15) is 0 Å². The van der Waals surface area contributed by atoms with E-state index in [1.807, 2.05) is 42.5 Å². The van der Waals surface area contributed by atoms with E-state index < -0.39 is 0 Å². The molecule has 0 spiro atoms. The van der Waals surface area contributed by atoms with Crippen molar-refractivity contribution < 1.29 is 0 Å². The number of nitrogens with one attached hydrogen (secondary N) is 1. The van der Waals surface area contributed by atoms with Crippen LogP contribution >= 0.6 is 0 Å². The minimum atomic E-state index is 0.542. The van der Waals surface area contributed by atoms with Gasteiger partial charge in [0, 0.05) is 31.6 Å². The van der Waals surface area contributed by atoms with Crippen LogP contribution in [0, 0.1) is 0 Å². The highest BCUT2D eigenvalue weighted by Gasteiger charge is 2.21. The van der Waals surface area contributed by atoms with Gasteiger partial charge in [-0.2, -0.15) is 4.98 Å². The Kier molecular flexibility index (Phi) is 3.86. The van der Waals surface area contributed by atoms with Crippen LogP contribution in [0.25, 0.3) is 21.9 Å². The number of anilines is 2. The van der Waals surface area contributed by atoms with Crippen LogP contribution < -0.4 is 10.6 Å². The quantitative estimate of drug-likeness (QED) is 0.584. The van der Waals surface area contributed by atoms with Crippen molar-refractivity contribution in [2.24, 2.45) is 0 Å². The highest BCUT2D eigenvalue weighted by atomic mass is 15.3. The van der Waals surface area contributed by atoms with Crippen molar-refractivity contribution in [3.8, 4) is 0 Å². The first-order chi connectivity index (χ1) is 13.3. The van der Waals surface area contributed by atoms with Gasteiger partial charge in [0.05, 0.1) is 23.1 Å². The molecule has 1 aliphatic rings. The van der Waals surface area contributed by atoms with Gasteiger partial charge in [-0.1, -0.05) is 24.3 Å². The van der Waals surface area contributed by atoms with Gasteiger partial charge in [0.2, 0.25) is 5.95 Å². The fourth-order valence-corrected chi connectivity index (χ4v) is 3.63. The number of fused-ring (bicyclic) bond motifs is 2. The molecule has 0 aliphatic carbocycles. The molecule has 0 bridgehead atoms. The maximum Gasteiger partial charge on any atom is 0.227 e. The number of hydrogen-bond donors (Lipinski definition) is 2. The van der Waals surface area contributed by atoms with Crippen LogP contribution in [-0.4, -0.2) is 51.0 Å². The molecule has 1 fully saturated rings. The molecular formula is C20H21N7. The number of nitrogen functional groups attached to an aromatic ring is 1. The van der Waals surface area contributed by atoms with E-state index in [-0.39, 0.29) is 0 Å². The number of nitrogens with zero attached hydrogens (tertiary/aromatic N) is 5. The highest BCUT2D eigenvalue weighted by Crippen LogP contribution is 2.22. The lowest BCUT2D eigenvalue weighted by molar-refractivity contribution is 0.244. The zero-order valence-electron chi connectivity index (χ0n) is 15.0. The van der Waals surface area contributed by atoms with Crippen molar-refractivity contribution in [2.45, 2.75) is 6.54 Å². The molecule has 4 aromatic rings. The van der Waals surface area contributed by atoms with Gasteiger partial charge in [-0.3, -0.25) is 4.90 Å². The number of rotatable bonds is 3. The highest BCUT2D eigenvalue weighted by molar-refractivity contribution is 5.88. The number of aromatic amines is 1. The molecular weight excluding hydrogens is 338 g/mol. The first-order valence-electron chi connectivity index (χ1n) is 9.19. The van der Waals surface area contributed by atoms with Gasteiger partial charge in [0.15, 0.2) is 0 Å². The van der Waals surface area contributed by atoms with Gasteiger partial charge in [0.1, 0.15) is 11.6 Å². The topological polar surface area (TPSA) is 87.0 Å². The summed E-state index contributed by atoms with van der Waals surface area (Å²) in [6, 6.07) is 16.0. The van der Waals surface area contributed by atoms with Gasteiger partial charge in [0.25, 0.3) is 0 Å². The summed E-state index contributed by atoms with van der Waals surface area (Å²) in [6.07, 6.45) is 0. The minimum absolute atomic E-state index is 0.542. The summed E-state index contributed by atoms with van der Waals surface area (Å²) in [7, 11) is 0. The molecule has 3 N–H and O–H groups in total. The Bertz CT molecular complexity index is 1060. The van der Waals surface area contributed by atoms with Crippen molar-refractivity contribution in [3.63, 3.8) is 0 Å². The molecule has 7 nitrogen and oxygen atoms in total. The fraction of sp³-hybridized carbons (Fsp3) is 0.250. The molecule has 3 heterocycles. The zero-order chi connectivity index (χ0) is 18.2. The Morgan fingerprint density at radius 1 is 0.852 bits per heavy atom. The van der Waals surface area contributed by atoms with E-state index in [1.165, 1.54) is 0 Å². The molecule has 2 aromatic carbocycles. The van der Waals surface area contributed by atoms with E-state index >= 15 is 0 Å². The third-order valence-electron chi connectivity index (χ3n) is 5.09. The van der Waals surface area contributed by atoms with Crippen LogP contribution in [0.4, 0.5) is 11.8 Å². The van der Waals surface area contributed by atoms with Crippen molar-refractivity contribution in [1.82, 2.24) is 24.8 Å². The zero-order valence-corrected chi connectivity index (χ0v) is 15.0. The van der Waals surface area contributed by atoms with Crippen molar-refractivity contribution in [2.75, 3.05) is 36.8 Å². The van der Waals surface area contributed by atoms with Gasteiger partial charge < -0.3 is 15.6 Å². The second-order valence-electron chi connectivity index (χ2n) is 6.89. The number of para-hydroxylation sites is 3. The van der Waals surface area contributed by atoms with E-state index in [4.69, 9.17) is 10.7 Å². The van der Waals surface area contributed by atoms with E-state index in [1.54, 1.807) is 0 Å². The van der Waals surface area contributed by atoms with Crippen molar-refractivity contribution >= 4 is 33.7 Å². The molecule has 1 saturated heterocycles. The number of nitrogens with two attached hydrogens (primary N) is 1. The van der Waals surface area contributed by atoms with Gasteiger partial charge in [-0.15, -0.1) is 0 Å². The van der Waals surface area contributed by atoms with Crippen LogP contribution in [-0.2, 0) is 6.54 Å². The molecule has 5 rings (SSSR count). The first kappa shape index (κ1) is 16.0. The molecule has 0 atom stereocenters. The molecule has 0 unspecified atom stereocenters. The number of imidazole rings is 1. The van der Waals surface area contributed by atoms with Crippen LogP contribution in [0.5, 0.6) is 0 Å². The minimum Gasteiger partial charge on any atom is -0.383 e. The first-order valence-corrected chi connectivity index (χ1v) is 9.19. The second kappa shape index (κ2) is 6.51. The summed E-state index contributed by atoms with van der Waals surface area (Å²) in [6.45, 7) is 4.44. The van der Waals surface area contributed by atoms with Crippen molar-refractivity contribution in [1.29, 1.82) is 0 Å². The van der Waals surface area contributed by atoms with Crippen molar-refractivity contribution in [3.05, 3.63) is 54.4 Å². The summed E-state index contributed by atoms with van der Waals surface area (Å²) in [5.74, 6) is 2.27. The largest absolute Gasteiger partial charge is 0.383 e. The number of aromatic nitrogens is 4. The summed E-state index contributed by atoms with van der Waals surface area (Å²) in [5, 5.41) is 0.907. The van der Waals surface area contributed by atoms with E-state index in [2.05, 4.69) is 30.8 Å². The Labute approximate surface area is 156 Å². The molecule has 136 valence electrons. The SMILES string of the molecule is Nc1nc(N2CCN(Cc3nc4ccccc4[nH]3)CC2)nc2ccccc12.